The highest BCUT2D eigenvalue weighted by molar-refractivity contribution is 7.99. The third-order valence-corrected chi connectivity index (χ3v) is 4.93. The topological polar surface area (TPSA) is 67.8 Å². The average molecular weight is 410 g/mol. The molecule has 1 amide bonds. The van der Waals surface area contributed by atoms with Gasteiger partial charge in [0.25, 0.3) is 0 Å². The summed E-state index contributed by atoms with van der Waals surface area (Å²) in [5.41, 5.74) is 0.399. The summed E-state index contributed by atoms with van der Waals surface area (Å²) in [5, 5.41) is 5.51. The molecule has 0 unspecified atom stereocenters. The molecule has 0 saturated heterocycles. The minimum Gasteiger partial charge on any atom is -0.301 e. The number of anilines is 1. The van der Waals surface area contributed by atoms with Crippen LogP contribution < -0.4 is 5.32 Å². The second kappa shape index (κ2) is 8.05. The Labute approximate surface area is 161 Å². The van der Waals surface area contributed by atoms with Gasteiger partial charge in [-0.2, -0.15) is 13.2 Å². The van der Waals surface area contributed by atoms with Gasteiger partial charge in [-0.15, -0.1) is 11.3 Å². The van der Waals surface area contributed by atoms with Gasteiger partial charge >= 0.3 is 6.18 Å². The van der Waals surface area contributed by atoms with Crippen LogP contribution >= 0.6 is 23.1 Å². The molecule has 2 heterocycles. The minimum absolute atomic E-state index is 0.127. The van der Waals surface area contributed by atoms with Crippen LogP contribution in [0.25, 0.3) is 11.4 Å². The fourth-order valence-corrected chi connectivity index (χ4v) is 3.43. The molecule has 1 N–H and O–H groups in total. The van der Waals surface area contributed by atoms with Gasteiger partial charge in [0.2, 0.25) is 5.91 Å². The van der Waals surface area contributed by atoms with Crippen molar-refractivity contribution in [2.24, 2.45) is 0 Å². The highest BCUT2D eigenvalue weighted by Gasteiger charge is 2.30. The monoisotopic (exact) mass is 410 g/mol. The molecule has 3 rings (SSSR count). The van der Waals surface area contributed by atoms with E-state index in [-0.39, 0.29) is 11.7 Å². The summed E-state index contributed by atoms with van der Waals surface area (Å²) in [6.07, 6.45) is -2.80. The average Bonchev–Trinajstić information content (AvgIpc) is 3.12. The predicted molar refractivity (Wildman–Crippen MR) is 98.7 cm³/mol. The number of amides is 1. The lowest BCUT2D eigenvalue weighted by Gasteiger charge is -2.09. The standard InChI is InChI=1S/C17H13F3N4OS2/c1-10-8-14(27-9-13(25)23-16-21-6-7-26-16)24-15(22-10)11-2-4-12(5-3-11)17(18,19)20/h2-8H,9H2,1H3,(H,21,23,25). The summed E-state index contributed by atoms with van der Waals surface area (Å²) in [5.74, 6) is 0.219. The van der Waals surface area contributed by atoms with Crippen LogP contribution in [0.15, 0.2) is 46.9 Å². The Hall–Kier alpha value is -2.46. The van der Waals surface area contributed by atoms with E-state index < -0.39 is 11.7 Å². The van der Waals surface area contributed by atoms with Crippen molar-refractivity contribution in [3.63, 3.8) is 0 Å². The first-order chi connectivity index (χ1) is 12.8. The van der Waals surface area contributed by atoms with Gasteiger partial charge in [0, 0.05) is 22.8 Å². The zero-order valence-corrected chi connectivity index (χ0v) is 15.6. The fraction of sp³-hybridized carbons (Fsp3) is 0.176. The number of hydrogen-bond donors (Lipinski definition) is 1. The molecular weight excluding hydrogens is 397 g/mol. The minimum atomic E-state index is -4.39. The number of alkyl halides is 3. The van der Waals surface area contributed by atoms with Gasteiger partial charge in [-0.25, -0.2) is 15.0 Å². The van der Waals surface area contributed by atoms with Gasteiger partial charge in [-0.05, 0) is 25.1 Å². The van der Waals surface area contributed by atoms with Gasteiger partial charge < -0.3 is 5.32 Å². The van der Waals surface area contributed by atoms with Gasteiger partial charge in [-0.3, -0.25) is 4.79 Å². The largest absolute Gasteiger partial charge is 0.416 e. The van der Waals surface area contributed by atoms with E-state index in [0.29, 0.717) is 27.2 Å². The maximum atomic E-state index is 12.7. The fourth-order valence-electron chi connectivity index (χ4n) is 2.13. The first-order valence-electron chi connectivity index (χ1n) is 7.67. The smallest absolute Gasteiger partial charge is 0.301 e. The van der Waals surface area contributed by atoms with Crippen LogP contribution in [0.1, 0.15) is 11.3 Å². The van der Waals surface area contributed by atoms with Crippen LogP contribution in [0.4, 0.5) is 18.3 Å². The molecule has 0 aliphatic carbocycles. The maximum absolute atomic E-state index is 12.7. The summed E-state index contributed by atoms with van der Waals surface area (Å²) in [4.78, 5) is 24.5. The Kier molecular flexibility index (Phi) is 5.76. The molecule has 5 nitrogen and oxygen atoms in total. The molecule has 0 aliphatic heterocycles. The summed E-state index contributed by atoms with van der Waals surface area (Å²) >= 11 is 2.53. The maximum Gasteiger partial charge on any atom is 0.416 e. The van der Waals surface area contributed by atoms with Crippen molar-refractivity contribution in [2.75, 3.05) is 11.1 Å². The highest BCUT2D eigenvalue weighted by atomic mass is 32.2. The van der Waals surface area contributed by atoms with E-state index in [4.69, 9.17) is 0 Å². The lowest BCUT2D eigenvalue weighted by atomic mass is 10.1. The van der Waals surface area contributed by atoms with E-state index in [1.54, 1.807) is 24.6 Å². The van der Waals surface area contributed by atoms with Gasteiger partial charge in [0.05, 0.1) is 11.3 Å². The van der Waals surface area contributed by atoms with E-state index in [1.807, 2.05) is 0 Å². The Morgan fingerprint density at radius 3 is 2.59 bits per heavy atom. The molecule has 0 radical (unpaired) electrons. The molecule has 0 saturated carbocycles. The van der Waals surface area contributed by atoms with Crippen LogP contribution in [0.2, 0.25) is 0 Å². The second-order valence-electron chi connectivity index (χ2n) is 5.42. The number of nitrogens with zero attached hydrogens (tertiary/aromatic N) is 3. The highest BCUT2D eigenvalue weighted by Crippen LogP contribution is 2.30. The Balaban J connectivity index is 1.71. The summed E-state index contributed by atoms with van der Waals surface area (Å²) in [7, 11) is 0. The van der Waals surface area contributed by atoms with E-state index in [0.717, 1.165) is 12.1 Å². The molecule has 27 heavy (non-hydrogen) atoms. The first kappa shape index (κ1) is 19.3. The van der Waals surface area contributed by atoms with Gasteiger partial charge in [0.15, 0.2) is 11.0 Å². The number of carbonyl (C=O) groups is 1. The van der Waals surface area contributed by atoms with Crippen LogP contribution in [0.3, 0.4) is 0 Å². The van der Waals surface area contributed by atoms with Crippen molar-refractivity contribution >= 4 is 34.1 Å². The molecule has 3 aromatic rings. The van der Waals surface area contributed by atoms with Crippen LogP contribution in [0.5, 0.6) is 0 Å². The Morgan fingerprint density at radius 1 is 1.22 bits per heavy atom. The van der Waals surface area contributed by atoms with Gasteiger partial charge in [-0.1, -0.05) is 23.9 Å². The van der Waals surface area contributed by atoms with Crippen molar-refractivity contribution in [1.29, 1.82) is 0 Å². The number of hydrogen-bond acceptors (Lipinski definition) is 6. The molecule has 0 aliphatic rings. The van der Waals surface area contributed by atoms with E-state index >= 15 is 0 Å². The predicted octanol–water partition coefficient (Wildman–Crippen LogP) is 4.66. The van der Waals surface area contributed by atoms with Crippen molar-refractivity contribution < 1.29 is 18.0 Å². The molecule has 0 bridgehead atoms. The number of aryl methyl sites for hydroxylation is 1. The zero-order valence-electron chi connectivity index (χ0n) is 13.9. The molecule has 0 atom stereocenters. The van der Waals surface area contributed by atoms with E-state index in [2.05, 4.69) is 20.3 Å². The normalized spacial score (nSPS) is 11.4. The van der Waals surface area contributed by atoms with Crippen LogP contribution in [-0.2, 0) is 11.0 Å². The molecule has 10 heteroatoms. The summed E-state index contributed by atoms with van der Waals surface area (Å²) in [6, 6.07) is 6.38. The Bertz CT molecular complexity index is 928. The number of thioether (sulfide) groups is 1. The molecule has 140 valence electrons. The Morgan fingerprint density at radius 2 is 1.96 bits per heavy atom. The quantitative estimate of drug-likeness (QED) is 0.490. The third-order valence-electron chi connectivity index (χ3n) is 3.33. The number of carbonyl (C=O) groups excluding carboxylic acids is 1. The SMILES string of the molecule is Cc1cc(SCC(=O)Nc2nccs2)nc(-c2ccc(C(F)(F)F)cc2)n1. The molecular formula is C17H13F3N4OS2. The van der Waals surface area contributed by atoms with Crippen molar-refractivity contribution in [3.05, 3.63) is 53.2 Å². The van der Waals surface area contributed by atoms with E-state index in [1.165, 1.54) is 35.2 Å². The third kappa shape index (κ3) is 5.27. The number of thiazole rings is 1. The van der Waals surface area contributed by atoms with Gasteiger partial charge in [0.1, 0.15) is 5.03 Å². The summed E-state index contributed by atoms with van der Waals surface area (Å²) < 4.78 is 38.1. The lowest BCUT2D eigenvalue weighted by molar-refractivity contribution is -0.137. The molecule has 0 fully saturated rings. The number of halogens is 3. The number of benzene rings is 1. The van der Waals surface area contributed by atoms with Crippen molar-refractivity contribution in [2.45, 2.75) is 18.1 Å². The molecule has 1 aromatic carbocycles. The number of rotatable bonds is 5. The zero-order chi connectivity index (χ0) is 19.4. The van der Waals surface area contributed by atoms with Crippen LogP contribution in [0, 0.1) is 6.92 Å². The first-order valence-corrected chi connectivity index (χ1v) is 9.53. The molecule has 2 aromatic heterocycles. The second-order valence-corrected chi connectivity index (χ2v) is 7.31. The van der Waals surface area contributed by atoms with Crippen molar-refractivity contribution in [3.8, 4) is 11.4 Å². The molecule has 0 spiro atoms. The van der Waals surface area contributed by atoms with E-state index in [9.17, 15) is 18.0 Å². The van der Waals surface area contributed by atoms with Crippen molar-refractivity contribution in [1.82, 2.24) is 15.0 Å². The lowest BCUT2D eigenvalue weighted by Crippen LogP contribution is -2.13. The van der Waals surface area contributed by atoms with Crippen LogP contribution in [-0.4, -0.2) is 26.6 Å². The number of aromatic nitrogens is 3. The number of nitrogens with one attached hydrogen (secondary N) is 1. The summed E-state index contributed by atoms with van der Waals surface area (Å²) in [6.45, 7) is 1.76.